The SMILES string of the molecule is Cc1cc(C(N)=S)ccc1Cn1cccc(C)c1=O. The van der Waals surface area contributed by atoms with Crippen LogP contribution < -0.4 is 11.3 Å². The Morgan fingerprint density at radius 1 is 1.26 bits per heavy atom. The fourth-order valence-corrected chi connectivity index (χ4v) is 2.12. The average Bonchev–Trinajstić information content (AvgIpc) is 2.37. The molecule has 1 aromatic carbocycles. The molecule has 98 valence electrons. The summed E-state index contributed by atoms with van der Waals surface area (Å²) in [6.07, 6.45) is 1.80. The molecular formula is C15H16N2OS. The summed E-state index contributed by atoms with van der Waals surface area (Å²) in [7, 11) is 0. The first-order valence-corrected chi connectivity index (χ1v) is 6.45. The molecule has 0 saturated carbocycles. The Bertz CT molecular complexity index is 689. The summed E-state index contributed by atoms with van der Waals surface area (Å²) in [6.45, 7) is 4.38. The highest BCUT2D eigenvalue weighted by molar-refractivity contribution is 7.80. The van der Waals surface area contributed by atoms with Crippen LogP contribution in [0.2, 0.25) is 0 Å². The van der Waals surface area contributed by atoms with Gasteiger partial charge in [0.25, 0.3) is 5.56 Å². The van der Waals surface area contributed by atoms with Gasteiger partial charge in [-0.2, -0.15) is 0 Å². The maximum Gasteiger partial charge on any atom is 0.253 e. The first kappa shape index (κ1) is 13.5. The van der Waals surface area contributed by atoms with Gasteiger partial charge in [-0.1, -0.05) is 30.4 Å². The van der Waals surface area contributed by atoms with Gasteiger partial charge < -0.3 is 10.3 Å². The van der Waals surface area contributed by atoms with E-state index in [9.17, 15) is 4.79 Å². The van der Waals surface area contributed by atoms with Crippen molar-refractivity contribution in [2.75, 3.05) is 0 Å². The summed E-state index contributed by atoms with van der Waals surface area (Å²) in [5.74, 6) is 0. The van der Waals surface area contributed by atoms with Gasteiger partial charge in [0, 0.05) is 17.3 Å². The number of nitrogens with two attached hydrogens (primary N) is 1. The molecule has 0 aliphatic rings. The number of aryl methyl sites for hydroxylation is 2. The molecule has 0 saturated heterocycles. The van der Waals surface area contributed by atoms with Crippen LogP contribution in [0.4, 0.5) is 0 Å². The van der Waals surface area contributed by atoms with Gasteiger partial charge in [-0.15, -0.1) is 0 Å². The quantitative estimate of drug-likeness (QED) is 0.871. The van der Waals surface area contributed by atoms with Gasteiger partial charge in [0.15, 0.2) is 0 Å². The normalized spacial score (nSPS) is 10.4. The lowest BCUT2D eigenvalue weighted by molar-refractivity contribution is 0.748. The van der Waals surface area contributed by atoms with Crippen LogP contribution >= 0.6 is 12.2 Å². The molecule has 2 rings (SSSR count). The van der Waals surface area contributed by atoms with E-state index >= 15 is 0 Å². The van der Waals surface area contributed by atoms with Gasteiger partial charge >= 0.3 is 0 Å². The van der Waals surface area contributed by atoms with Crippen molar-refractivity contribution in [1.29, 1.82) is 0 Å². The summed E-state index contributed by atoms with van der Waals surface area (Å²) in [4.78, 5) is 12.4. The van der Waals surface area contributed by atoms with Crippen LogP contribution in [-0.4, -0.2) is 9.56 Å². The number of aromatic nitrogens is 1. The largest absolute Gasteiger partial charge is 0.389 e. The predicted molar refractivity (Wildman–Crippen MR) is 81.6 cm³/mol. The Hall–Kier alpha value is -1.94. The zero-order valence-electron chi connectivity index (χ0n) is 11.0. The molecule has 19 heavy (non-hydrogen) atoms. The summed E-state index contributed by atoms with van der Waals surface area (Å²) >= 11 is 4.96. The van der Waals surface area contributed by atoms with Crippen molar-refractivity contribution >= 4 is 17.2 Å². The molecule has 0 unspecified atom stereocenters. The average molecular weight is 272 g/mol. The van der Waals surface area contributed by atoms with Gasteiger partial charge in [-0.25, -0.2) is 0 Å². The van der Waals surface area contributed by atoms with Gasteiger partial charge in [0.1, 0.15) is 4.99 Å². The minimum absolute atomic E-state index is 0.0420. The zero-order valence-corrected chi connectivity index (χ0v) is 11.8. The van der Waals surface area contributed by atoms with E-state index in [2.05, 4.69) is 0 Å². The second-order valence-corrected chi connectivity index (χ2v) is 5.07. The fraction of sp³-hybridized carbons (Fsp3) is 0.200. The van der Waals surface area contributed by atoms with Crippen molar-refractivity contribution in [3.05, 3.63) is 69.1 Å². The Morgan fingerprint density at radius 3 is 2.63 bits per heavy atom. The summed E-state index contributed by atoms with van der Waals surface area (Å²) in [5.41, 5.74) is 9.42. The Balaban J connectivity index is 2.36. The van der Waals surface area contributed by atoms with Crippen LogP contribution in [0.15, 0.2) is 41.3 Å². The predicted octanol–water partition coefficient (Wildman–Crippen LogP) is 2.15. The third-order valence-corrected chi connectivity index (χ3v) is 3.41. The van der Waals surface area contributed by atoms with Crippen molar-refractivity contribution < 1.29 is 0 Å². The minimum Gasteiger partial charge on any atom is -0.389 e. The Morgan fingerprint density at radius 2 is 2.00 bits per heavy atom. The van der Waals surface area contributed by atoms with Crippen molar-refractivity contribution in [2.24, 2.45) is 5.73 Å². The summed E-state index contributed by atoms with van der Waals surface area (Å²) in [5, 5.41) is 0. The third-order valence-electron chi connectivity index (χ3n) is 3.18. The molecule has 0 atom stereocenters. The maximum absolute atomic E-state index is 12.0. The lowest BCUT2D eigenvalue weighted by atomic mass is 10.0. The van der Waals surface area contributed by atoms with Crippen molar-refractivity contribution in [1.82, 2.24) is 4.57 Å². The van der Waals surface area contributed by atoms with Gasteiger partial charge in [0.2, 0.25) is 0 Å². The van der Waals surface area contributed by atoms with Gasteiger partial charge in [-0.3, -0.25) is 4.79 Å². The molecule has 0 bridgehead atoms. The fourth-order valence-electron chi connectivity index (χ4n) is 1.99. The molecule has 0 amide bonds. The molecule has 1 heterocycles. The molecule has 1 aromatic heterocycles. The number of nitrogens with zero attached hydrogens (tertiary/aromatic N) is 1. The van der Waals surface area contributed by atoms with E-state index in [1.165, 1.54) is 0 Å². The lowest BCUT2D eigenvalue weighted by Gasteiger charge is -2.10. The molecule has 0 aliphatic heterocycles. The van der Waals surface area contributed by atoms with Crippen LogP contribution in [0, 0.1) is 13.8 Å². The number of thiocarbonyl (C=S) groups is 1. The molecule has 3 nitrogen and oxygen atoms in total. The van der Waals surface area contributed by atoms with Crippen molar-refractivity contribution in [3.63, 3.8) is 0 Å². The van der Waals surface area contributed by atoms with Crippen LogP contribution in [0.25, 0.3) is 0 Å². The maximum atomic E-state index is 12.0. The van der Waals surface area contributed by atoms with Crippen LogP contribution in [-0.2, 0) is 6.54 Å². The highest BCUT2D eigenvalue weighted by Crippen LogP contribution is 2.12. The third kappa shape index (κ3) is 2.90. The minimum atomic E-state index is 0.0420. The molecule has 0 aliphatic carbocycles. The Kier molecular flexibility index (Phi) is 3.81. The number of hydrogen-bond acceptors (Lipinski definition) is 2. The number of rotatable bonds is 3. The van der Waals surface area contributed by atoms with Crippen LogP contribution in [0.3, 0.4) is 0 Å². The molecule has 0 fully saturated rings. The molecule has 0 spiro atoms. The van der Waals surface area contributed by atoms with Crippen LogP contribution in [0.1, 0.15) is 22.3 Å². The van der Waals surface area contributed by atoms with E-state index in [1.807, 2.05) is 44.2 Å². The highest BCUT2D eigenvalue weighted by Gasteiger charge is 2.05. The summed E-state index contributed by atoms with van der Waals surface area (Å²) in [6, 6.07) is 9.53. The number of benzene rings is 1. The number of hydrogen-bond donors (Lipinski definition) is 1. The number of pyridine rings is 1. The smallest absolute Gasteiger partial charge is 0.253 e. The van der Waals surface area contributed by atoms with Crippen molar-refractivity contribution in [2.45, 2.75) is 20.4 Å². The Labute approximate surface area is 117 Å². The lowest BCUT2D eigenvalue weighted by Crippen LogP contribution is -2.22. The first-order chi connectivity index (χ1) is 8.99. The standard InChI is InChI=1S/C15H16N2OS/c1-10-4-3-7-17(15(10)18)9-13-6-5-12(14(16)19)8-11(13)2/h3-8H,9H2,1-2H3,(H2,16,19). The second kappa shape index (κ2) is 5.36. The molecule has 2 N–H and O–H groups in total. The second-order valence-electron chi connectivity index (χ2n) is 4.63. The van der Waals surface area contributed by atoms with Gasteiger partial charge in [-0.05, 0) is 37.1 Å². The molecule has 4 heteroatoms. The first-order valence-electron chi connectivity index (χ1n) is 6.04. The molecule has 2 aromatic rings. The molecule has 0 radical (unpaired) electrons. The van der Waals surface area contributed by atoms with E-state index in [0.717, 1.165) is 22.3 Å². The summed E-state index contributed by atoms with van der Waals surface area (Å²) < 4.78 is 1.71. The van der Waals surface area contributed by atoms with E-state index < -0.39 is 0 Å². The van der Waals surface area contributed by atoms with E-state index in [1.54, 1.807) is 10.8 Å². The van der Waals surface area contributed by atoms with E-state index in [4.69, 9.17) is 18.0 Å². The van der Waals surface area contributed by atoms with Crippen LogP contribution in [0.5, 0.6) is 0 Å². The van der Waals surface area contributed by atoms with E-state index in [0.29, 0.717) is 11.5 Å². The van der Waals surface area contributed by atoms with Gasteiger partial charge in [0.05, 0.1) is 6.54 Å². The topological polar surface area (TPSA) is 48.0 Å². The van der Waals surface area contributed by atoms with Crippen molar-refractivity contribution in [3.8, 4) is 0 Å². The monoisotopic (exact) mass is 272 g/mol. The highest BCUT2D eigenvalue weighted by atomic mass is 32.1. The van der Waals surface area contributed by atoms with E-state index in [-0.39, 0.29) is 5.56 Å². The molecular weight excluding hydrogens is 256 g/mol. The zero-order chi connectivity index (χ0) is 14.0.